The summed E-state index contributed by atoms with van der Waals surface area (Å²) in [5.41, 5.74) is 3.74. The molecule has 114 valence electrons. The predicted octanol–water partition coefficient (Wildman–Crippen LogP) is 4.18. The van der Waals surface area contributed by atoms with Gasteiger partial charge in [-0.25, -0.2) is 0 Å². The van der Waals surface area contributed by atoms with Gasteiger partial charge in [-0.3, -0.25) is 4.68 Å². The van der Waals surface area contributed by atoms with Crippen molar-refractivity contribution in [2.75, 3.05) is 5.32 Å². The van der Waals surface area contributed by atoms with Crippen molar-refractivity contribution < 1.29 is 0 Å². The molecule has 23 heavy (non-hydrogen) atoms. The van der Waals surface area contributed by atoms with Crippen molar-refractivity contribution in [1.29, 1.82) is 5.26 Å². The summed E-state index contributed by atoms with van der Waals surface area (Å²) in [5.74, 6) is 0. The van der Waals surface area contributed by atoms with Crippen LogP contribution in [0, 0.1) is 11.3 Å². The fraction of sp³-hybridized carbons (Fsp3) is 0.111. The first kappa shape index (κ1) is 15.3. The van der Waals surface area contributed by atoms with Gasteiger partial charge in [0.05, 0.1) is 24.0 Å². The van der Waals surface area contributed by atoms with E-state index in [9.17, 15) is 5.26 Å². The Balaban J connectivity index is 1.65. The first-order valence-electron chi connectivity index (χ1n) is 7.23. The number of anilines is 1. The summed E-state index contributed by atoms with van der Waals surface area (Å²) < 4.78 is 2.81. The smallest absolute Gasteiger partial charge is 0.101 e. The molecule has 1 aromatic heterocycles. The number of benzene rings is 2. The van der Waals surface area contributed by atoms with Gasteiger partial charge >= 0.3 is 0 Å². The van der Waals surface area contributed by atoms with E-state index in [1.807, 2.05) is 47.4 Å². The van der Waals surface area contributed by atoms with Crippen LogP contribution in [0.15, 0.2) is 65.4 Å². The lowest BCUT2D eigenvalue weighted by molar-refractivity contribution is 0.686. The van der Waals surface area contributed by atoms with E-state index >= 15 is 0 Å². The van der Waals surface area contributed by atoms with Gasteiger partial charge in [-0.15, -0.1) is 0 Å². The molecule has 0 radical (unpaired) electrons. The largest absolute Gasteiger partial charge is 0.380 e. The maximum atomic E-state index is 9.18. The van der Waals surface area contributed by atoms with Crippen LogP contribution in [0.25, 0.3) is 0 Å². The van der Waals surface area contributed by atoms with Crippen molar-refractivity contribution in [3.63, 3.8) is 0 Å². The van der Waals surface area contributed by atoms with E-state index in [1.165, 1.54) is 5.56 Å². The number of aromatic nitrogens is 2. The third-order valence-electron chi connectivity index (χ3n) is 3.46. The third-order valence-corrected chi connectivity index (χ3v) is 3.95. The number of hydrogen-bond donors (Lipinski definition) is 1. The second-order valence-corrected chi connectivity index (χ2v) is 6.10. The molecule has 1 N–H and O–H groups in total. The summed E-state index contributed by atoms with van der Waals surface area (Å²) in [6.07, 6.45) is 3.87. The highest BCUT2D eigenvalue weighted by molar-refractivity contribution is 9.10. The molecule has 0 atom stereocenters. The van der Waals surface area contributed by atoms with Gasteiger partial charge in [0.2, 0.25) is 0 Å². The molecule has 0 amide bonds. The van der Waals surface area contributed by atoms with Crippen LogP contribution in [-0.4, -0.2) is 9.78 Å². The van der Waals surface area contributed by atoms with E-state index in [0.29, 0.717) is 12.1 Å². The van der Waals surface area contributed by atoms with Crippen molar-refractivity contribution in [1.82, 2.24) is 9.78 Å². The van der Waals surface area contributed by atoms with Crippen LogP contribution in [0.4, 0.5) is 5.69 Å². The molecule has 0 fully saturated rings. The highest BCUT2D eigenvalue weighted by Gasteiger charge is 2.04. The molecule has 0 aliphatic heterocycles. The lowest BCUT2D eigenvalue weighted by atomic mass is 10.2. The van der Waals surface area contributed by atoms with E-state index in [1.54, 1.807) is 6.07 Å². The van der Waals surface area contributed by atoms with Gasteiger partial charge in [0.15, 0.2) is 0 Å². The van der Waals surface area contributed by atoms with Crippen LogP contribution in [0.1, 0.15) is 16.7 Å². The molecule has 0 saturated heterocycles. The summed E-state index contributed by atoms with van der Waals surface area (Å²) in [4.78, 5) is 0. The van der Waals surface area contributed by atoms with Crippen LogP contribution in [0.3, 0.4) is 0 Å². The summed E-state index contributed by atoms with van der Waals surface area (Å²) in [5, 5.41) is 16.9. The van der Waals surface area contributed by atoms with E-state index in [4.69, 9.17) is 0 Å². The summed E-state index contributed by atoms with van der Waals surface area (Å²) in [6.45, 7) is 1.38. The van der Waals surface area contributed by atoms with Crippen LogP contribution < -0.4 is 5.32 Å². The summed E-state index contributed by atoms with van der Waals surface area (Å²) in [7, 11) is 0. The minimum Gasteiger partial charge on any atom is -0.380 e. The lowest BCUT2D eigenvalue weighted by Crippen LogP contribution is -2.01. The normalized spacial score (nSPS) is 10.3. The molecule has 3 rings (SSSR count). The average molecular weight is 367 g/mol. The Labute approximate surface area is 143 Å². The average Bonchev–Trinajstić information content (AvgIpc) is 3.02. The lowest BCUT2D eigenvalue weighted by Gasteiger charge is -2.07. The molecule has 5 heteroatoms. The fourth-order valence-corrected chi connectivity index (χ4v) is 2.68. The summed E-state index contributed by atoms with van der Waals surface area (Å²) >= 11 is 3.38. The number of nitrogens with zero attached hydrogens (tertiary/aromatic N) is 3. The molecule has 4 nitrogen and oxygen atoms in total. The van der Waals surface area contributed by atoms with Crippen molar-refractivity contribution >= 4 is 21.6 Å². The van der Waals surface area contributed by atoms with Gasteiger partial charge in [-0.1, -0.05) is 46.3 Å². The quantitative estimate of drug-likeness (QED) is 0.736. The maximum absolute atomic E-state index is 9.18. The highest BCUT2D eigenvalue weighted by atomic mass is 79.9. The van der Waals surface area contributed by atoms with Crippen molar-refractivity contribution in [3.05, 3.63) is 82.1 Å². The Bertz CT molecular complexity index is 834. The van der Waals surface area contributed by atoms with Gasteiger partial charge < -0.3 is 5.32 Å². The van der Waals surface area contributed by atoms with E-state index in [0.717, 1.165) is 22.3 Å². The SMILES string of the molecule is N#Cc1cc(Br)ccc1NCc1cnn(Cc2ccccc2)c1. The molecule has 0 unspecified atom stereocenters. The number of hydrogen-bond acceptors (Lipinski definition) is 3. The Morgan fingerprint density at radius 1 is 1.13 bits per heavy atom. The van der Waals surface area contributed by atoms with Crippen molar-refractivity contribution in [2.45, 2.75) is 13.1 Å². The standard InChI is InChI=1S/C18H15BrN4/c19-17-6-7-18(16(8-17)9-20)21-10-15-11-22-23(13-15)12-14-4-2-1-3-5-14/h1-8,11,13,21H,10,12H2. The van der Waals surface area contributed by atoms with Crippen molar-refractivity contribution in [3.8, 4) is 6.07 Å². The molecule has 2 aromatic carbocycles. The third kappa shape index (κ3) is 3.99. The van der Waals surface area contributed by atoms with Gasteiger partial charge in [0.1, 0.15) is 6.07 Å². The number of nitriles is 1. The van der Waals surface area contributed by atoms with Crippen LogP contribution in [0.5, 0.6) is 0 Å². The number of halogens is 1. The van der Waals surface area contributed by atoms with E-state index in [-0.39, 0.29) is 0 Å². The first-order chi connectivity index (χ1) is 11.2. The topological polar surface area (TPSA) is 53.6 Å². The van der Waals surface area contributed by atoms with Crippen LogP contribution >= 0.6 is 15.9 Å². The number of nitrogens with one attached hydrogen (secondary N) is 1. The molecule has 1 heterocycles. The predicted molar refractivity (Wildman–Crippen MR) is 94.0 cm³/mol. The number of rotatable bonds is 5. The van der Waals surface area contributed by atoms with E-state index in [2.05, 4.69) is 44.5 Å². The Kier molecular flexibility index (Phi) is 4.74. The van der Waals surface area contributed by atoms with Gasteiger partial charge in [-0.05, 0) is 23.8 Å². The zero-order valence-corrected chi connectivity index (χ0v) is 14.0. The zero-order valence-electron chi connectivity index (χ0n) is 12.4. The van der Waals surface area contributed by atoms with Crippen molar-refractivity contribution in [2.24, 2.45) is 0 Å². The molecule has 0 aliphatic rings. The summed E-state index contributed by atoms with van der Waals surface area (Å²) in [6, 6.07) is 18.0. The Morgan fingerprint density at radius 3 is 2.74 bits per heavy atom. The minimum absolute atomic E-state index is 0.621. The van der Waals surface area contributed by atoms with E-state index < -0.39 is 0 Å². The molecule has 0 saturated carbocycles. The molecule has 0 aliphatic carbocycles. The van der Waals surface area contributed by atoms with Crippen LogP contribution in [-0.2, 0) is 13.1 Å². The molecule has 0 bridgehead atoms. The Morgan fingerprint density at radius 2 is 1.96 bits per heavy atom. The maximum Gasteiger partial charge on any atom is 0.101 e. The van der Waals surface area contributed by atoms with Gasteiger partial charge in [-0.2, -0.15) is 10.4 Å². The molecular formula is C18H15BrN4. The molecule has 3 aromatic rings. The second-order valence-electron chi connectivity index (χ2n) is 5.19. The van der Waals surface area contributed by atoms with Gasteiger partial charge in [0, 0.05) is 22.8 Å². The first-order valence-corrected chi connectivity index (χ1v) is 8.02. The minimum atomic E-state index is 0.621. The highest BCUT2D eigenvalue weighted by Crippen LogP contribution is 2.20. The molecular weight excluding hydrogens is 352 g/mol. The fourth-order valence-electron chi connectivity index (χ4n) is 2.32. The van der Waals surface area contributed by atoms with Crippen LogP contribution in [0.2, 0.25) is 0 Å². The zero-order chi connectivity index (χ0) is 16.1. The second kappa shape index (κ2) is 7.12. The Hall–Kier alpha value is -2.58. The van der Waals surface area contributed by atoms with Gasteiger partial charge in [0.25, 0.3) is 0 Å². The molecule has 0 spiro atoms. The monoisotopic (exact) mass is 366 g/mol.